The van der Waals surface area contributed by atoms with Gasteiger partial charge in [-0.25, -0.2) is 0 Å². The first kappa shape index (κ1) is 9.20. The van der Waals surface area contributed by atoms with Crippen molar-refractivity contribution in [1.82, 2.24) is 0 Å². The van der Waals surface area contributed by atoms with Gasteiger partial charge in [0.15, 0.2) is 0 Å². The van der Waals surface area contributed by atoms with Crippen molar-refractivity contribution in [2.45, 2.75) is 57.5 Å². The number of ketones is 1. The zero-order valence-electron chi connectivity index (χ0n) is 8.09. The molecule has 0 radical (unpaired) electrons. The van der Waals surface area contributed by atoms with E-state index >= 15 is 0 Å². The van der Waals surface area contributed by atoms with Crippen molar-refractivity contribution in [1.29, 1.82) is 0 Å². The number of carbonyl (C=O) groups is 1. The van der Waals surface area contributed by atoms with Crippen LogP contribution in [0.25, 0.3) is 0 Å². The van der Waals surface area contributed by atoms with Crippen LogP contribution in [0.4, 0.5) is 0 Å². The molecule has 74 valence electrons. The number of Topliss-reactive ketones (excluding diaryl/α,β-unsaturated/α-hetero) is 1. The van der Waals surface area contributed by atoms with Crippen LogP contribution in [0.2, 0.25) is 0 Å². The maximum atomic E-state index is 11.5. The molecule has 0 bridgehead atoms. The van der Waals surface area contributed by atoms with Gasteiger partial charge in [-0.15, -0.1) is 0 Å². The van der Waals surface area contributed by atoms with Gasteiger partial charge in [-0.2, -0.15) is 0 Å². The Morgan fingerprint density at radius 3 is 2.69 bits per heavy atom. The highest BCUT2D eigenvalue weighted by Gasteiger charge is 2.43. The van der Waals surface area contributed by atoms with Crippen LogP contribution in [0, 0.1) is 5.41 Å². The number of aliphatic hydroxyl groups is 1. The molecule has 2 fully saturated rings. The lowest BCUT2D eigenvalue weighted by Crippen LogP contribution is -2.31. The highest BCUT2D eigenvalue weighted by molar-refractivity contribution is 5.79. The molecular weight excluding hydrogens is 164 g/mol. The van der Waals surface area contributed by atoms with Gasteiger partial charge in [0, 0.05) is 18.3 Å². The van der Waals surface area contributed by atoms with Gasteiger partial charge >= 0.3 is 0 Å². The second kappa shape index (κ2) is 3.41. The average molecular weight is 182 g/mol. The molecule has 0 amide bonds. The third-order valence-electron chi connectivity index (χ3n) is 3.79. The molecule has 2 saturated carbocycles. The maximum Gasteiger partial charge on any atom is 0.133 e. The summed E-state index contributed by atoms with van der Waals surface area (Å²) in [5, 5.41) is 9.90. The van der Waals surface area contributed by atoms with Crippen molar-refractivity contribution in [3.05, 3.63) is 0 Å². The van der Waals surface area contributed by atoms with E-state index in [1.165, 1.54) is 0 Å². The summed E-state index contributed by atoms with van der Waals surface area (Å²) >= 11 is 0. The second-order valence-corrected chi connectivity index (χ2v) is 4.69. The molecule has 0 aromatic carbocycles. The lowest BCUT2D eigenvalue weighted by molar-refractivity contribution is -0.122. The van der Waals surface area contributed by atoms with Gasteiger partial charge in [0.25, 0.3) is 0 Å². The predicted octanol–water partition coefficient (Wildman–Crippen LogP) is 2.05. The van der Waals surface area contributed by atoms with E-state index in [1.54, 1.807) is 0 Å². The van der Waals surface area contributed by atoms with E-state index in [1.807, 2.05) is 0 Å². The molecule has 13 heavy (non-hydrogen) atoms. The first-order chi connectivity index (χ1) is 6.23. The molecule has 2 heteroatoms. The minimum absolute atomic E-state index is 0.00637. The van der Waals surface area contributed by atoms with Gasteiger partial charge in [-0.05, 0) is 25.7 Å². The first-order valence-corrected chi connectivity index (χ1v) is 5.43. The van der Waals surface area contributed by atoms with E-state index in [4.69, 9.17) is 0 Å². The molecule has 0 aromatic rings. The summed E-state index contributed by atoms with van der Waals surface area (Å²) in [4.78, 5) is 11.5. The summed E-state index contributed by atoms with van der Waals surface area (Å²) in [6, 6.07) is 0. The van der Waals surface area contributed by atoms with Crippen molar-refractivity contribution in [2.24, 2.45) is 5.41 Å². The standard InChI is InChI=1S/C11H18O2/c12-9-4-1-2-6-11(8-9)7-3-5-10(11)13/h10,13H,1-8H2/t10-,11+/m1/s1. The average Bonchev–Trinajstić information content (AvgIpc) is 2.34. The summed E-state index contributed by atoms with van der Waals surface area (Å²) in [7, 11) is 0. The van der Waals surface area contributed by atoms with Gasteiger partial charge < -0.3 is 5.11 Å². The van der Waals surface area contributed by atoms with Crippen LogP contribution < -0.4 is 0 Å². The quantitative estimate of drug-likeness (QED) is 0.622. The number of hydrogen-bond acceptors (Lipinski definition) is 2. The zero-order chi connectivity index (χ0) is 9.31. The van der Waals surface area contributed by atoms with Crippen LogP contribution in [-0.4, -0.2) is 17.0 Å². The Morgan fingerprint density at radius 1 is 1.23 bits per heavy atom. The van der Waals surface area contributed by atoms with Gasteiger partial charge in [-0.3, -0.25) is 4.79 Å². The number of hydrogen-bond donors (Lipinski definition) is 1. The van der Waals surface area contributed by atoms with E-state index in [0.29, 0.717) is 12.2 Å². The summed E-state index contributed by atoms with van der Waals surface area (Å²) in [5.41, 5.74) is -0.00637. The fourth-order valence-electron chi connectivity index (χ4n) is 2.99. The number of aliphatic hydroxyl groups excluding tert-OH is 1. The van der Waals surface area contributed by atoms with Gasteiger partial charge in [0.2, 0.25) is 0 Å². The fourth-order valence-corrected chi connectivity index (χ4v) is 2.99. The van der Waals surface area contributed by atoms with Crippen molar-refractivity contribution in [3.63, 3.8) is 0 Å². The summed E-state index contributed by atoms with van der Waals surface area (Å²) < 4.78 is 0. The number of rotatable bonds is 0. The van der Waals surface area contributed by atoms with Crippen LogP contribution in [0.1, 0.15) is 51.4 Å². The molecular formula is C11H18O2. The van der Waals surface area contributed by atoms with E-state index in [9.17, 15) is 9.90 Å². The third-order valence-corrected chi connectivity index (χ3v) is 3.79. The van der Waals surface area contributed by atoms with Gasteiger partial charge in [0.05, 0.1) is 6.10 Å². The Balaban J connectivity index is 2.14. The van der Waals surface area contributed by atoms with E-state index < -0.39 is 0 Å². The Morgan fingerprint density at radius 2 is 2.00 bits per heavy atom. The molecule has 2 aliphatic rings. The molecule has 2 atom stereocenters. The van der Waals surface area contributed by atoms with E-state index in [0.717, 1.165) is 44.9 Å². The molecule has 2 nitrogen and oxygen atoms in total. The zero-order valence-corrected chi connectivity index (χ0v) is 8.09. The molecule has 2 aliphatic carbocycles. The van der Waals surface area contributed by atoms with E-state index in [2.05, 4.69) is 0 Å². The van der Waals surface area contributed by atoms with Crippen LogP contribution in [0.3, 0.4) is 0 Å². The molecule has 0 aliphatic heterocycles. The predicted molar refractivity (Wildman–Crippen MR) is 50.4 cm³/mol. The van der Waals surface area contributed by atoms with Gasteiger partial charge in [-0.1, -0.05) is 12.8 Å². The maximum absolute atomic E-state index is 11.5. The smallest absolute Gasteiger partial charge is 0.133 e. The van der Waals surface area contributed by atoms with Crippen LogP contribution in [-0.2, 0) is 4.79 Å². The lowest BCUT2D eigenvalue weighted by Gasteiger charge is -2.30. The minimum atomic E-state index is -0.199. The van der Waals surface area contributed by atoms with Crippen LogP contribution in [0.5, 0.6) is 0 Å². The Hall–Kier alpha value is -0.370. The Kier molecular flexibility index (Phi) is 2.41. The second-order valence-electron chi connectivity index (χ2n) is 4.69. The fraction of sp³-hybridized carbons (Fsp3) is 0.909. The highest BCUT2D eigenvalue weighted by atomic mass is 16.3. The topological polar surface area (TPSA) is 37.3 Å². The monoisotopic (exact) mass is 182 g/mol. The third kappa shape index (κ3) is 1.64. The summed E-state index contributed by atoms with van der Waals surface area (Å²) in [5.74, 6) is 0.374. The summed E-state index contributed by atoms with van der Waals surface area (Å²) in [6.45, 7) is 0. The lowest BCUT2D eigenvalue weighted by atomic mass is 9.77. The normalized spacial score (nSPS) is 41.0. The molecule has 0 unspecified atom stereocenters. The summed E-state index contributed by atoms with van der Waals surface area (Å²) in [6.07, 6.45) is 7.51. The molecule has 2 rings (SSSR count). The van der Waals surface area contributed by atoms with Crippen molar-refractivity contribution >= 4 is 5.78 Å². The molecule has 1 N–H and O–H groups in total. The van der Waals surface area contributed by atoms with Crippen LogP contribution >= 0.6 is 0 Å². The van der Waals surface area contributed by atoms with Crippen molar-refractivity contribution < 1.29 is 9.90 Å². The first-order valence-electron chi connectivity index (χ1n) is 5.43. The highest BCUT2D eigenvalue weighted by Crippen LogP contribution is 2.47. The minimum Gasteiger partial charge on any atom is -0.393 e. The Labute approximate surface area is 79.3 Å². The van der Waals surface area contributed by atoms with Crippen molar-refractivity contribution in [3.8, 4) is 0 Å². The SMILES string of the molecule is O=C1CCCC[C@]2(CCC[C@H]2O)C1. The van der Waals surface area contributed by atoms with Gasteiger partial charge in [0.1, 0.15) is 5.78 Å². The number of carbonyl (C=O) groups excluding carboxylic acids is 1. The molecule has 1 spiro atoms. The van der Waals surface area contributed by atoms with E-state index in [-0.39, 0.29) is 11.5 Å². The Bertz CT molecular complexity index is 212. The molecule has 0 saturated heterocycles. The van der Waals surface area contributed by atoms with Crippen LogP contribution in [0.15, 0.2) is 0 Å². The molecule has 0 heterocycles. The largest absolute Gasteiger partial charge is 0.393 e. The van der Waals surface area contributed by atoms with Crippen molar-refractivity contribution in [2.75, 3.05) is 0 Å². The molecule has 0 aromatic heterocycles.